The summed E-state index contributed by atoms with van der Waals surface area (Å²) in [5.41, 5.74) is 4.94. The molecule has 0 radical (unpaired) electrons. The first-order valence-corrected chi connectivity index (χ1v) is 4.23. The lowest BCUT2D eigenvalue weighted by molar-refractivity contribution is -0.118. The molecular weight excluding hydrogens is 190 g/mol. The summed E-state index contributed by atoms with van der Waals surface area (Å²) >= 11 is 5.71. The molecule has 1 aromatic rings. The van der Waals surface area contributed by atoms with Crippen molar-refractivity contribution in [3.05, 3.63) is 29.3 Å². The largest absolute Gasteiger partial charge is 0.493 e. The maximum Gasteiger partial charge on any atom is 0.220 e. The zero-order valence-corrected chi connectivity index (χ0v) is 7.75. The van der Waals surface area contributed by atoms with Gasteiger partial charge in [0.05, 0.1) is 13.0 Å². The number of carbonyl (C=O) groups is 1. The molecule has 1 aromatic carbocycles. The standard InChI is InChI=1S/C9H10ClNO2/c10-7-2-1-3-8(6-7)13-5-4-9(11)12/h1-3,6H,4-5H2,(H2,11,12). The molecule has 0 atom stereocenters. The lowest BCUT2D eigenvalue weighted by Gasteiger charge is -2.03. The Hall–Kier alpha value is -1.22. The molecule has 13 heavy (non-hydrogen) atoms. The van der Waals surface area contributed by atoms with Crippen LogP contribution in [0.5, 0.6) is 5.75 Å². The number of primary amides is 1. The van der Waals surface area contributed by atoms with E-state index in [1.165, 1.54) is 0 Å². The van der Waals surface area contributed by atoms with Gasteiger partial charge in [-0.15, -0.1) is 0 Å². The average Bonchev–Trinajstić information content (AvgIpc) is 2.03. The van der Waals surface area contributed by atoms with Gasteiger partial charge in [0.2, 0.25) is 5.91 Å². The van der Waals surface area contributed by atoms with Crippen LogP contribution in [-0.4, -0.2) is 12.5 Å². The van der Waals surface area contributed by atoms with Gasteiger partial charge < -0.3 is 10.5 Å². The van der Waals surface area contributed by atoms with Crippen LogP contribution < -0.4 is 10.5 Å². The monoisotopic (exact) mass is 199 g/mol. The minimum Gasteiger partial charge on any atom is -0.493 e. The molecule has 0 unspecified atom stereocenters. The molecule has 1 rings (SSSR count). The third kappa shape index (κ3) is 3.80. The van der Waals surface area contributed by atoms with Gasteiger partial charge in [-0.2, -0.15) is 0 Å². The summed E-state index contributed by atoms with van der Waals surface area (Å²) in [6.45, 7) is 0.287. The topological polar surface area (TPSA) is 52.3 Å². The van der Waals surface area contributed by atoms with Crippen LogP contribution in [0.3, 0.4) is 0 Å². The molecule has 0 aliphatic carbocycles. The van der Waals surface area contributed by atoms with E-state index >= 15 is 0 Å². The summed E-state index contributed by atoms with van der Waals surface area (Å²) < 4.78 is 5.21. The van der Waals surface area contributed by atoms with E-state index in [-0.39, 0.29) is 18.9 Å². The quantitative estimate of drug-likeness (QED) is 0.801. The maximum absolute atomic E-state index is 10.4. The fourth-order valence-corrected chi connectivity index (χ4v) is 1.01. The Morgan fingerprint density at radius 1 is 1.54 bits per heavy atom. The van der Waals surface area contributed by atoms with E-state index in [1.54, 1.807) is 24.3 Å². The normalized spacial score (nSPS) is 9.62. The number of ether oxygens (including phenoxy) is 1. The SMILES string of the molecule is NC(=O)CCOc1cccc(Cl)c1. The van der Waals surface area contributed by atoms with Crippen molar-refractivity contribution in [3.63, 3.8) is 0 Å². The van der Waals surface area contributed by atoms with E-state index in [0.29, 0.717) is 10.8 Å². The molecule has 0 aliphatic rings. The summed E-state index contributed by atoms with van der Waals surface area (Å²) in [6, 6.07) is 6.99. The molecule has 0 fully saturated rings. The van der Waals surface area contributed by atoms with Crippen molar-refractivity contribution in [3.8, 4) is 5.75 Å². The number of rotatable bonds is 4. The van der Waals surface area contributed by atoms with Crippen molar-refractivity contribution in [1.29, 1.82) is 0 Å². The zero-order valence-electron chi connectivity index (χ0n) is 7.00. The van der Waals surface area contributed by atoms with Crippen LogP contribution in [0.4, 0.5) is 0 Å². The minimum atomic E-state index is -0.373. The van der Waals surface area contributed by atoms with E-state index in [4.69, 9.17) is 22.1 Å². The van der Waals surface area contributed by atoms with Crippen molar-refractivity contribution in [2.45, 2.75) is 6.42 Å². The smallest absolute Gasteiger partial charge is 0.220 e. The second-order valence-corrected chi connectivity index (χ2v) is 2.96. The van der Waals surface area contributed by atoms with Crippen molar-refractivity contribution >= 4 is 17.5 Å². The number of halogens is 1. The van der Waals surface area contributed by atoms with Gasteiger partial charge in [0.1, 0.15) is 5.75 Å². The van der Waals surface area contributed by atoms with Gasteiger partial charge in [0.25, 0.3) is 0 Å². The van der Waals surface area contributed by atoms with Gasteiger partial charge in [-0.1, -0.05) is 17.7 Å². The first-order valence-electron chi connectivity index (χ1n) is 3.85. The second-order valence-electron chi connectivity index (χ2n) is 2.52. The fourth-order valence-electron chi connectivity index (χ4n) is 0.826. The number of benzene rings is 1. The summed E-state index contributed by atoms with van der Waals surface area (Å²) in [6.07, 6.45) is 0.215. The third-order valence-corrected chi connectivity index (χ3v) is 1.65. The highest BCUT2D eigenvalue weighted by Gasteiger charge is 1.96. The second kappa shape index (κ2) is 4.72. The third-order valence-electron chi connectivity index (χ3n) is 1.41. The van der Waals surface area contributed by atoms with Crippen LogP contribution in [-0.2, 0) is 4.79 Å². The van der Waals surface area contributed by atoms with E-state index in [1.807, 2.05) is 0 Å². The molecule has 2 N–H and O–H groups in total. The number of amides is 1. The van der Waals surface area contributed by atoms with Crippen LogP contribution in [0.15, 0.2) is 24.3 Å². The molecule has 4 heteroatoms. The van der Waals surface area contributed by atoms with Gasteiger partial charge >= 0.3 is 0 Å². The van der Waals surface area contributed by atoms with Gasteiger partial charge in [-0.25, -0.2) is 0 Å². The first kappa shape index (κ1) is 9.86. The Balaban J connectivity index is 2.41. The predicted molar refractivity (Wildman–Crippen MR) is 50.8 cm³/mol. The van der Waals surface area contributed by atoms with Crippen LogP contribution in [0.25, 0.3) is 0 Å². The molecule has 0 spiro atoms. The molecule has 0 aromatic heterocycles. The molecule has 0 heterocycles. The molecule has 3 nitrogen and oxygen atoms in total. The Morgan fingerprint density at radius 2 is 2.31 bits per heavy atom. The maximum atomic E-state index is 10.4. The highest BCUT2D eigenvalue weighted by atomic mass is 35.5. The van der Waals surface area contributed by atoms with E-state index < -0.39 is 0 Å². The van der Waals surface area contributed by atoms with Gasteiger partial charge in [0.15, 0.2) is 0 Å². The Morgan fingerprint density at radius 3 is 2.92 bits per heavy atom. The molecule has 70 valence electrons. The molecule has 0 aliphatic heterocycles. The lowest BCUT2D eigenvalue weighted by atomic mass is 10.3. The first-order chi connectivity index (χ1) is 6.18. The fraction of sp³-hybridized carbons (Fsp3) is 0.222. The van der Waals surface area contributed by atoms with E-state index in [2.05, 4.69) is 0 Å². The molecule has 0 saturated heterocycles. The van der Waals surface area contributed by atoms with Crippen LogP contribution in [0.1, 0.15) is 6.42 Å². The summed E-state index contributed by atoms with van der Waals surface area (Å²) in [5, 5.41) is 0.608. The van der Waals surface area contributed by atoms with Gasteiger partial charge in [-0.3, -0.25) is 4.79 Å². The molecule has 0 saturated carbocycles. The molecular formula is C9H10ClNO2. The number of nitrogens with two attached hydrogens (primary N) is 1. The van der Waals surface area contributed by atoms with Crippen molar-refractivity contribution < 1.29 is 9.53 Å². The number of hydrogen-bond donors (Lipinski definition) is 1. The van der Waals surface area contributed by atoms with Crippen molar-refractivity contribution in [2.24, 2.45) is 5.73 Å². The highest BCUT2D eigenvalue weighted by molar-refractivity contribution is 6.30. The van der Waals surface area contributed by atoms with Crippen LogP contribution in [0, 0.1) is 0 Å². The predicted octanol–water partition coefficient (Wildman–Crippen LogP) is 1.59. The van der Waals surface area contributed by atoms with Crippen LogP contribution >= 0.6 is 11.6 Å². The van der Waals surface area contributed by atoms with Gasteiger partial charge in [-0.05, 0) is 18.2 Å². The molecule has 0 bridgehead atoms. The highest BCUT2D eigenvalue weighted by Crippen LogP contribution is 2.16. The van der Waals surface area contributed by atoms with Gasteiger partial charge in [0, 0.05) is 5.02 Å². The van der Waals surface area contributed by atoms with E-state index in [0.717, 1.165) is 0 Å². The Bertz CT molecular complexity index is 301. The Kier molecular flexibility index (Phi) is 3.58. The zero-order chi connectivity index (χ0) is 9.68. The lowest BCUT2D eigenvalue weighted by Crippen LogP contribution is -2.14. The van der Waals surface area contributed by atoms with E-state index in [9.17, 15) is 4.79 Å². The Labute approximate surface area is 81.4 Å². The minimum absolute atomic E-state index is 0.215. The van der Waals surface area contributed by atoms with Crippen LogP contribution in [0.2, 0.25) is 5.02 Å². The number of hydrogen-bond acceptors (Lipinski definition) is 2. The number of carbonyl (C=O) groups excluding carboxylic acids is 1. The summed E-state index contributed by atoms with van der Waals surface area (Å²) in [5.74, 6) is 0.274. The average molecular weight is 200 g/mol. The summed E-state index contributed by atoms with van der Waals surface area (Å²) in [7, 11) is 0. The van der Waals surface area contributed by atoms with Crippen molar-refractivity contribution in [2.75, 3.05) is 6.61 Å². The van der Waals surface area contributed by atoms with Crippen molar-refractivity contribution in [1.82, 2.24) is 0 Å². The molecule has 1 amide bonds. The summed E-state index contributed by atoms with van der Waals surface area (Å²) in [4.78, 5) is 10.4.